The zero-order valence-electron chi connectivity index (χ0n) is 9.99. The van der Waals surface area contributed by atoms with E-state index in [0.29, 0.717) is 17.3 Å². The predicted octanol–water partition coefficient (Wildman–Crippen LogP) is 1.19. The van der Waals surface area contributed by atoms with Crippen LogP contribution in [0, 0.1) is 5.21 Å². The van der Waals surface area contributed by atoms with Gasteiger partial charge < -0.3 is 9.94 Å². The Balaban J connectivity index is 2.27. The zero-order valence-corrected chi connectivity index (χ0v) is 10.8. The quantitative estimate of drug-likeness (QED) is 0.399. The molecule has 0 amide bonds. The van der Waals surface area contributed by atoms with Gasteiger partial charge in [-0.15, -0.1) is 0 Å². The second-order valence-corrected chi connectivity index (χ2v) is 4.85. The summed E-state index contributed by atoms with van der Waals surface area (Å²) < 4.78 is 6.45. The van der Waals surface area contributed by atoms with Crippen LogP contribution in [0.15, 0.2) is 29.2 Å². The van der Waals surface area contributed by atoms with Gasteiger partial charge in [0.1, 0.15) is 11.9 Å². The van der Waals surface area contributed by atoms with Crippen molar-refractivity contribution >= 4 is 21.6 Å². The lowest BCUT2D eigenvalue weighted by Crippen LogP contribution is -2.46. The van der Waals surface area contributed by atoms with E-state index >= 15 is 0 Å². The molecule has 0 radical (unpaired) electrons. The first-order chi connectivity index (χ1) is 9.17. The molecule has 96 valence electrons. The fraction of sp³-hybridized carbons (Fsp3) is 0.167. The Morgan fingerprint density at radius 1 is 1.42 bits per heavy atom. The van der Waals surface area contributed by atoms with Crippen molar-refractivity contribution in [3.63, 3.8) is 0 Å². The molecule has 0 N–H and O–H groups in total. The molecule has 7 heteroatoms. The number of hydrogen-bond donors (Lipinski definition) is 0. The van der Waals surface area contributed by atoms with E-state index < -0.39 is 5.69 Å². The molecule has 19 heavy (non-hydrogen) atoms. The molecule has 0 unspecified atom stereocenters. The van der Waals surface area contributed by atoms with E-state index in [2.05, 4.69) is 9.97 Å². The topological polar surface area (TPSA) is 79.0 Å². The monoisotopic (exact) mass is 275 g/mol. The average Bonchev–Trinajstić information content (AvgIpc) is 2.38. The molecule has 0 atom stereocenters. The predicted molar refractivity (Wildman–Crippen MR) is 70.4 cm³/mol. The molecule has 0 saturated heterocycles. The van der Waals surface area contributed by atoms with Crippen LogP contribution in [-0.4, -0.2) is 16.6 Å². The molecule has 3 rings (SSSR count). The van der Waals surface area contributed by atoms with Gasteiger partial charge in [-0.3, -0.25) is 0 Å². The summed E-state index contributed by atoms with van der Waals surface area (Å²) in [6.07, 6.45) is 1.15. The standard InChI is InChI=1S/C12H9N3O3S/c1-2-18-7-3-4-8-10(5-7)19-11-9(13-8)6-15(17)12(16)14-11/h3-6H,2H2,1H3. The van der Waals surface area contributed by atoms with E-state index in [9.17, 15) is 10.0 Å². The molecule has 6 nitrogen and oxygen atoms in total. The summed E-state index contributed by atoms with van der Waals surface area (Å²) in [7, 11) is 0. The van der Waals surface area contributed by atoms with Crippen LogP contribution in [0.4, 0.5) is 0 Å². The van der Waals surface area contributed by atoms with Crippen LogP contribution in [0.5, 0.6) is 5.75 Å². The van der Waals surface area contributed by atoms with Crippen LogP contribution in [0.2, 0.25) is 0 Å². The lowest BCUT2D eigenvalue weighted by molar-refractivity contribution is -0.624. The highest BCUT2D eigenvalue weighted by Gasteiger charge is 2.17. The van der Waals surface area contributed by atoms with Crippen molar-refractivity contribution < 1.29 is 9.47 Å². The van der Waals surface area contributed by atoms with Gasteiger partial charge in [-0.1, -0.05) is 11.3 Å². The van der Waals surface area contributed by atoms with Gasteiger partial charge in [-0.25, -0.2) is 4.98 Å². The molecule has 0 bridgehead atoms. The first-order valence-corrected chi connectivity index (χ1v) is 6.46. The van der Waals surface area contributed by atoms with Gasteiger partial charge in [0, 0.05) is 4.98 Å². The summed E-state index contributed by atoms with van der Waals surface area (Å²) >= 11 is 1.31. The van der Waals surface area contributed by atoms with E-state index in [-0.39, 0.29) is 4.73 Å². The van der Waals surface area contributed by atoms with Gasteiger partial charge in [-0.2, -0.15) is 9.52 Å². The Bertz CT molecular complexity index is 787. The van der Waals surface area contributed by atoms with Crippen LogP contribution < -0.4 is 15.2 Å². The Labute approximate surface area is 111 Å². The Kier molecular flexibility index (Phi) is 2.75. The van der Waals surface area contributed by atoms with Crippen molar-refractivity contribution in [1.29, 1.82) is 0 Å². The van der Waals surface area contributed by atoms with Crippen molar-refractivity contribution in [3.05, 3.63) is 40.1 Å². The molecular formula is C12H9N3O3S. The lowest BCUT2D eigenvalue weighted by atomic mass is 10.3. The summed E-state index contributed by atoms with van der Waals surface area (Å²) in [5.74, 6) is 0.740. The SMILES string of the molecule is CCOc1ccc2nc3c[n+]([O-])c(=O)nc-3sc2c1. The van der Waals surface area contributed by atoms with Crippen molar-refractivity contribution in [1.82, 2.24) is 9.97 Å². The van der Waals surface area contributed by atoms with E-state index in [0.717, 1.165) is 22.2 Å². The summed E-state index contributed by atoms with van der Waals surface area (Å²) in [5, 5.41) is 11.6. The minimum atomic E-state index is -0.828. The number of hydrogen-bond acceptors (Lipinski definition) is 6. The first kappa shape index (κ1) is 11.8. The molecule has 0 aromatic heterocycles. The average molecular weight is 275 g/mol. The summed E-state index contributed by atoms with van der Waals surface area (Å²) in [5.41, 5.74) is 0.323. The Morgan fingerprint density at radius 2 is 2.26 bits per heavy atom. The number of nitrogens with zero attached hydrogens (tertiary/aromatic N) is 3. The van der Waals surface area contributed by atoms with E-state index in [1.54, 1.807) is 0 Å². The minimum absolute atomic E-state index is 0.183. The molecule has 0 aliphatic carbocycles. The van der Waals surface area contributed by atoms with Crippen LogP contribution in [0.25, 0.3) is 20.9 Å². The third kappa shape index (κ3) is 2.08. The number of benzene rings is 1. The van der Waals surface area contributed by atoms with Gasteiger partial charge >= 0.3 is 5.69 Å². The maximum atomic E-state index is 11.2. The highest BCUT2D eigenvalue weighted by molar-refractivity contribution is 7.21. The summed E-state index contributed by atoms with van der Waals surface area (Å²) in [4.78, 5) is 19.3. The third-order valence-corrected chi connectivity index (χ3v) is 3.57. The van der Waals surface area contributed by atoms with E-state index in [1.807, 2.05) is 25.1 Å². The van der Waals surface area contributed by atoms with E-state index in [4.69, 9.17) is 4.74 Å². The van der Waals surface area contributed by atoms with Crippen LogP contribution in [0.1, 0.15) is 6.92 Å². The molecule has 0 spiro atoms. The normalized spacial score (nSPS) is 11.0. The number of rotatable bonds is 2. The van der Waals surface area contributed by atoms with Crippen LogP contribution in [-0.2, 0) is 0 Å². The van der Waals surface area contributed by atoms with Crippen molar-refractivity contribution in [2.75, 3.05) is 6.61 Å². The second-order valence-electron chi connectivity index (χ2n) is 3.82. The van der Waals surface area contributed by atoms with Gasteiger partial charge in [-0.05, 0) is 25.1 Å². The summed E-state index contributed by atoms with van der Waals surface area (Å²) in [6.45, 7) is 2.49. The molecule has 2 heterocycles. The molecular weight excluding hydrogens is 266 g/mol. The maximum absolute atomic E-state index is 11.2. The van der Waals surface area contributed by atoms with Crippen molar-refractivity contribution in [3.8, 4) is 16.5 Å². The molecule has 1 aromatic carbocycles. The molecule has 1 aromatic rings. The highest BCUT2D eigenvalue weighted by Crippen LogP contribution is 2.29. The second kappa shape index (κ2) is 4.43. The number of fused-ring (bicyclic) bond motifs is 2. The highest BCUT2D eigenvalue weighted by atomic mass is 32.1. The molecule has 2 aliphatic heterocycles. The van der Waals surface area contributed by atoms with Gasteiger partial charge in [0.15, 0.2) is 5.69 Å². The number of aromatic nitrogens is 3. The zero-order chi connectivity index (χ0) is 13.4. The van der Waals surface area contributed by atoms with Gasteiger partial charge in [0.05, 0.1) is 16.8 Å². The van der Waals surface area contributed by atoms with Gasteiger partial charge in [0.25, 0.3) is 5.01 Å². The fourth-order valence-corrected chi connectivity index (χ4v) is 2.65. The lowest BCUT2D eigenvalue weighted by Gasteiger charge is -2.06. The smallest absolute Gasteiger partial charge is 0.544 e. The van der Waals surface area contributed by atoms with Gasteiger partial charge in [0.2, 0.25) is 0 Å². The molecule has 0 saturated carbocycles. The Morgan fingerprint density at radius 3 is 3.05 bits per heavy atom. The Hall–Kier alpha value is -2.28. The minimum Gasteiger partial charge on any atom is -0.708 e. The van der Waals surface area contributed by atoms with Crippen molar-refractivity contribution in [2.24, 2.45) is 0 Å². The van der Waals surface area contributed by atoms with Crippen LogP contribution in [0.3, 0.4) is 0 Å². The maximum Gasteiger partial charge on any atom is 0.544 e. The fourth-order valence-electron chi connectivity index (χ4n) is 1.73. The largest absolute Gasteiger partial charge is 0.708 e. The third-order valence-electron chi connectivity index (χ3n) is 2.53. The molecule has 2 aliphatic rings. The number of ether oxygens (including phenoxy) is 1. The molecule has 0 fully saturated rings. The first-order valence-electron chi connectivity index (χ1n) is 5.65. The van der Waals surface area contributed by atoms with Crippen LogP contribution >= 0.6 is 11.3 Å². The van der Waals surface area contributed by atoms with Crippen molar-refractivity contribution in [2.45, 2.75) is 6.92 Å². The van der Waals surface area contributed by atoms with E-state index in [1.165, 1.54) is 11.3 Å². The summed E-state index contributed by atoms with van der Waals surface area (Å²) in [6, 6.07) is 5.48.